The highest BCUT2D eigenvalue weighted by Crippen LogP contribution is 2.28. The van der Waals surface area contributed by atoms with Crippen molar-refractivity contribution < 1.29 is 4.74 Å². The van der Waals surface area contributed by atoms with Crippen LogP contribution in [-0.2, 0) is 6.54 Å². The van der Waals surface area contributed by atoms with E-state index in [0.29, 0.717) is 6.54 Å². The number of methoxy groups -OCH3 is 1. The highest BCUT2D eigenvalue weighted by atomic mass is 32.2. The van der Waals surface area contributed by atoms with E-state index in [4.69, 9.17) is 10.5 Å². The van der Waals surface area contributed by atoms with Crippen molar-refractivity contribution in [2.75, 3.05) is 13.4 Å². The van der Waals surface area contributed by atoms with Gasteiger partial charge in [-0.15, -0.1) is 11.8 Å². The zero-order chi connectivity index (χ0) is 8.97. The predicted molar refractivity (Wildman–Crippen MR) is 50.5 cm³/mol. The number of nitrogens with two attached hydrogens (primary N) is 1. The number of nitrogens with zero attached hydrogens (tertiary/aromatic N) is 1. The SMILES string of the molecule is COc1ccnc(CN)c1SC. The molecule has 1 aromatic heterocycles. The van der Waals surface area contributed by atoms with Gasteiger partial charge in [0.15, 0.2) is 0 Å². The lowest BCUT2D eigenvalue weighted by Gasteiger charge is -2.08. The first-order valence-corrected chi connectivity index (χ1v) is 4.82. The second kappa shape index (κ2) is 4.33. The Kier molecular flexibility index (Phi) is 3.37. The van der Waals surface area contributed by atoms with Gasteiger partial charge >= 0.3 is 0 Å². The van der Waals surface area contributed by atoms with Crippen molar-refractivity contribution >= 4 is 11.8 Å². The summed E-state index contributed by atoms with van der Waals surface area (Å²) in [6, 6.07) is 1.84. The summed E-state index contributed by atoms with van der Waals surface area (Å²) in [6.45, 7) is 0.452. The summed E-state index contributed by atoms with van der Waals surface area (Å²) in [5, 5.41) is 0. The molecule has 0 amide bonds. The van der Waals surface area contributed by atoms with Gasteiger partial charge in [0.25, 0.3) is 0 Å². The normalized spacial score (nSPS) is 9.92. The van der Waals surface area contributed by atoms with Crippen molar-refractivity contribution in [3.63, 3.8) is 0 Å². The number of aromatic nitrogens is 1. The van der Waals surface area contributed by atoms with E-state index in [-0.39, 0.29) is 0 Å². The minimum Gasteiger partial charge on any atom is -0.495 e. The number of pyridine rings is 1. The fraction of sp³-hybridized carbons (Fsp3) is 0.375. The van der Waals surface area contributed by atoms with E-state index >= 15 is 0 Å². The number of rotatable bonds is 3. The van der Waals surface area contributed by atoms with Gasteiger partial charge in [0.2, 0.25) is 0 Å². The van der Waals surface area contributed by atoms with Crippen molar-refractivity contribution in [3.05, 3.63) is 18.0 Å². The molecule has 3 nitrogen and oxygen atoms in total. The number of hydrogen-bond acceptors (Lipinski definition) is 4. The molecule has 0 bridgehead atoms. The maximum atomic E-state index is 5.52. The molecule has 0 saturated heterocycles. The summed E-state index contributed by atoms with van der Waals surface area (Å²) in [7, 11) is 1.65. The van der Waals surface area contributed by atoms with Crippen LogP contribution in [0.25, 0.3) is 0 Å². The van der Waals surface area contributed by atoms with Gasteiger partial charge in [0.1, 0.15) is 5.75 Å². The summed E-state index contributed by atoms with van der Waals surface area (Å²) in [5.74, 6) is 0.845. The first kappa shape index (κ1) is 9.35. The molecule has 12 heavy (non-hydrogen) atoms. The number of ether oxygens (including phenoxy) is 1. The number of hydrogen-bond donors (Lipinski definition) is 1. The molecule has 0 saturated carbocycles. The summed E-state index contributed by atoms with van der Waals surface area (Å²) >= 11 is 1.60. The first-order valence-electron chi connectivity index (χ1n) is 3.59. The standard InChI is InChI=1S/C8H12N2OS/c1-11-7-3-4-10-6(5-9)8(7)12-2/h3-4H,5,9H2,1-2H3. The van der Waals surface area contributed by atoms with Crippen LogP contribution in [0.5, 0.6) is 5.75 Å². The molecule has 0 aliphatic rings. The second-order valence-corrected chi connectivity index (χ2v) is 3.01. The highest BCUT2D eigenvalue weighted by Gasteiger charge is 2.06. The summed E-state index contributed by atoms with van der Waals surface area (Å²) in [6.07, 6.45) is 3.69. The third-order valence-electron chi connectivity index (χ3n) is 1.56. The third kappa shape index (κ3) is 1.70. The van der Waals surface area contributed by atoms with Crippen LogP contribution in [0, 0.1) is 0 Å². The van der Waals surface area contributed by atoms with Gasteiger partial charge in [-0.1, -0.05) is 0 Å². The molecule has 0 aliphatic carbocycles. The predicted octanol–water partition coefficient (Wildman–Crippen LogP) is 1.27. The molecule has 66 valence electrons. The van der Waals surface area contributed by atoms with Crippen molar-refractivity contribution in [1.29, 1.82) is 0 Å². The molecule has 0 fully saturated rings. The van der Waals surface area contributed by atoms with E-state index in [1.54, 1.807) is 25.1 Å². The van der Waals surface area contributed by atoms with Crippen molar-refractivity contribution in [2.24, 2.45) is 5.73 Å². The van der Waals surface area contributed by atoms with Crippen LogP contribution in [0.2, 0.25) is 0 Å². The Balaban J connectivity index is 3.13. The van der Waals surface area contributed by atoms with E-state index < -0.39 is 0 Å². The van der Waals surface area contributed by atoms with Gasteiger partial charge in [-0.25, -0.2) is 0 Å². The van der Waals surface area contributed by atoms with Gasteiger partial charge in [-0.2, -0.15) is 0 Å². The molecule has 0 atom stereocenters. The van der Waals surface area contributed by atoms with Gasteiger partial charge < -0.3 is 10.5 Å². The Morgan fingerprint density at radius 2 is 2.42 bits per heavy atom. The third-order valence-corrected chi connectivity index (χ3v) is 2.40. The fourth-order valence-corrected chi connectivity index (χ4v) is 1.72. The summed E-state index contributed by atoms with van der Waals surface area (Å²) in [5.41, 5.74) is 6.41. The monoisotopic (exact) mass is 184 g/mol. The second-order valence-electron chi connectivity index (χ2n) is 2.20. The largest absolute Gasteiger partial charge is 0.495 e. The zero-order valence-corrected chi connectivity index (χ0v) is 8.02. The van der Waals surface area contributed by atoms with E-state index in [9.17, 15) is 0 Å². The Labute approximate surface area is 76.3 Å². The van der Waals surface area contributed by atoms with Crippen LogP contribution in [0.4, 0.5) is 0 Å². The Bertz CT molecular complexity index is 243. The molecule has 0 spiro atoms. The van der Waals surface area contributed by atoms with E-state index in [1.165, 1.54) is 0 Å². The summed E-state index contributed by atoms with van der Waals surface area (Å²) in [4.78, 5) is 5.18. The van der Waals surface area contributed by atoms with Crippen LogP contribution in [-0.4, -0.2) is 18.3 Å². The van der Waals surface area contributed by atoms with Crippen LogP contribution < -0.4 is 10.5 Å². The van der Waals surface area contributed by atoms with E-state index in [1.807, 2.05) is 12.3 Å². The van der Waals surface area contributed by atoms with Crippen molar-refractivity contribution in [1.82, 2.24) is 4.98 Å². The topological polar surface area (TPSA) is 48.1 Å². The van der Waals surface area contributed by atoms with E-state index in [2.05, 4.69) is 4.98 Å². The lowest BCUT2D eigenvalue weighted by molar-refractivity contribution is 0.402. The van der Waals surface area contributed by atoms with Crippen LogP contribution in [0.1, 0.15) is 5.69 Å². The molecule has 1 aromatic rings. The van der Waals surface area contributed by atoms with Gasteiger partial charge in [0, 0.05) is 12.7 Å². The van der Waals surface area contributed by atoms with Gasteiger partial charge in [-0.05, 0) is 12.3 Å². The molecule has 0 radical (unpaired) electrons. The Hall–Kier alpha value is -0.740. The maximum Gasteiger partial charge on any atom is 0.135 e. The van der Waals surface area contributed by atoms with Crippen LogP contribution >= 0.6 is 11.8 Å². The average Bonchev–Trinajstić information content (AvgIpc) is 2.16. The number of thioether (sulfide) groups is 1. The Morgan fingerprint density at radius 3 is 2.92 bits per heavy atom. The minimum atomic E-state index is 0.452. The summed E-state index contributed by atoms with van der Waals surface area (Å²) < 4.78 is 5.16. The van der Waals surface area contributed by atoms with E-state index in [0.717, 1.165) is 16.3 Å². The van der Waals surface area contributed by atoms with Gasteiger partial charge in [0.05, 0.1) is 17.7 Å². The lowest BCUT2D eigenvalue weighted by atomic mass is 10.3. The molecule has 0 aliphatic heterocycles. The van der Waals surface area contributed by atoms with Crippen molar-refractivity contribution in [2.45, 2.75) is 11.4 Å². The smallest absolute Gasteiger partial charge is 0.135 e. The highest BCUT2D eigenvalue weighted by molar-refractivity contribution is 7.98. The average molecular weight is 184 g/mol. The minimum absolute atomic E-state index is 0.452. The Morgan fingerprint density at radius 1 is 1.67 bits per heavy atom. The fourth-order valence-electron chi connectivity index (χ4n) is 0.996. The molecule has 0 unspecified atom stereocenters. The molecule has 2 N–H and O–H groups in total. The zero-order valence-electron chi connectivity index (χ0n) is 7.20. The van der Waals surface area contributed by atoms with Gasteiger partial charge in [-0.3, -0.25) is 4.98 Å². The molecule has 1 rings (SSSR count). The van der Waals surface area contributed by atoms with Crippen LogP contribution in [0.3, 0.4) is 0 Å². The van der Waals surface area contributed by atoms with Crippen LogP contribution in [0.15, 0.2) is 17.2 Å². The van der Waals surface area contributed by atoms with Crippen molar-refractivity contribution in [3.8, 4) is 5.75 Å². The maximum absolute atomic E-state index is 5.52. The first-order chi connectivity index (χ1) is 5.83. The molecule has 4 heteroatoms. The molecular weight excluding hydrogens is 172 g/mol. The molecular formula is C8H12N2OS. The lowest BCUT2D eigenvalue weighted by Crippen LogP contribution is -2.02. The molecule has 0 aromatic carbocycles. The quantitative estimate of drug-likeness (QED) is 0.719. The molecule has 1 heterocycles.